The van der Waals surface area contributed by atoms with Crippen molar-refractivity contribution in [2.75, 3.05) is 23.8 Å². The van der Waals surface area contributed by atoms with Crippen LogP contribution in [0.2, 0.25) is 0 Å². The Kier molecular flexibility index (Phi) is 7.14. The van der Waals surface area contributed by atoms with E-state index in [4.69, 9.17) is 10.5 Å². The summed E-state index contributed by atoms with van der Waals surface area (Å²) < 4.78 is 5.31. The number of hydrogen-bond acceptors (Lipinski definition) is 4. The Morgan fingerprint density at radius 3 is 2.33 bits per heavy atom. The Bertz CT molecular complexity index is 473. The molecule has 1 unspecified atom stereocenters. The lowest BCUT2D eigenvalue weighted by molar-refractivity contribution is -0.124. The summed E-state index contributed by atoms with van der Waals surface area (Å²) in [4.78, 5) is 23.2. The van der Waals surface area contributed by atoms with Gasteiger partial charge in [0.1, 0.15) is 6.10 Å². The summed E-state index contributed by atoms with van der Waals surface area (Å²) >= 11 is 0. The van der Waals surface area contributed by atoms with Crippen molar-refractivity contribution in [1.29, 1.82) is 0 Å². The van der Waals surface area contributed by atoms with Crippen molar-refractivity contribution in [3.8, 4) is 0 Å². The number of benzene rings is 1. The third kappa shape index (κ3) is 5.34. The molecule has 2 amide bonds. The van der Waals surface area contributed by atoms with Gasteiger partial charge in [-0.15, -0.1) is 12.4 Å². The van der Waals surface area contributed by atoms with Gasteiger partial charge in [0.25, 0.3) is 5.91 Å². The van der Waals surface area contributed by atoms with E-state index in [9.17, 15) is 9.59 Å². The smallest absolute Gasteiger partial charge is 0.253 e. The number of nitrogens with two attached hydrogens (primary N) is 1. The van der Waals surface area contributed by atoms with Gasteiger partial charge in [0.05, 0.1) is 0 Å². The Morgan fingerprint density at radius 2 is 1.81 bits per heavy atom. The highest BCUT2D eigenvalue weighted by molar-refractivity contribution is 5.95. The predicted octanol–water partition coefficient (Wildman–Crippen LogP) is 1.51. The largest absolute Gasteiger partial charge is 0.368 e. The Morgan fingerprint density at radius 1 is 1.19 bits per heavy atom. The van der Waals surface area contributed by atoms with Crippen molar-refractivity contribution in [3.63, 3.8) is 0 Å². The fourth-order valence-corrected chi connectivity index (χ4v) is 2.00. The van der Waals surface area contributed by atoms with Crippen LogP contribution >= 0.6 is 12.4 Å². The first kappa shape index (κ1) is 17.4. The molecule has 1 aliphatic rings. The molecule has 7 heteroatoms. The van der Waals surface area contributed by atoms with Crippen molar-refractivity contribution < 1.29 is 14.3 Å². The van der Waals surface area contributed by atoms with Gasteiger partial charge < -0.3 is 21.1 Å². The highest BCUT2D eigenvalue weighted by Gasteiger charge is 2.23. The van der Waals surface area contributed by atoms with Crippen LogP contribution in [0.4, 0.5) is 11.4 Å². The van der Waals surface area contributed by atoms with E-state index in [-0.39, 0.29) is 36.7 Å². The first-order valence-corrected chi connectivity index (χ1v) is 6.71. The maximum atomic E-state index is 11.8. The van der Waals surface area contributed by atoms with E-state index in [1.54, 1.807) is 24.3 Å². The number of rotatable bonds is 5. The fraction of sp³-hybridized carbons (Fsp3) is 0.429. The van der Waals surface area contributed by atoms with Gasteiger partial charge in [-0.1, -0.05) is 0 Å². The Balaban J connectivity index is 0.00000220. The summed E-state index contributed by atoms with van der Waals surface area (Å²) in [7, 11) is 0. The number of hydrogen-bond donors (Lipinski definition) is 3. The van der Waals surface area contributed by atoms with Crippen LogP contribution in [0, 0.1) is 0 Å². The number of amides is 2. The van der Waals surface area contributed by atoms with E-state index in [2.05, 4.69) is 10.6 Å². The maximum absolute atomic E-state index is 11.8. The molecular weight excluding hydrogens is 294 g/mol. The molecule has 1 fully saturated rings. The molecule has 116 valence electrons. The molecular formula is C14H20ClN3O3. The van der Waals surface area contributed by atoms with Crippen molar-refractivity contribution in [2.24, 2.45) is 5.73 Å². The van der Waals surface area contributed by atoms with Crippen LogP contribution < -0.4 is 16.4 Å². The molecule has 21 heavy (non-hydrogen) atoms. The lowest BCUT2D eigenvalue weighted by Crippen LogP contribution is -2.26. The summed E-state index contributed by atoms with van der Waals surface area (Å²) in [6, 6.07) is 6.95. The van der Waals surface area contributed by atoms with Gasteiger partial charge >= 0.3 is 0 Å². The van der Waals surface area contributed by atoms with E-state index in [1.807, 2.05) is 0 Å². The highest BCUT2D eigenvalue weighted by atomic mass is 35.5. The number of nitrogens with one attached hydrogen (secondary N) is 2. The van der Waals surface area contributed by atoms with Gasteiger partial charge in [0.15, 0.2) is 0 Å². The zero-order valence-electron chi connectivity index (χ0n) is 11.6. The van der Waals surface area contributed by atoms with Crippen molar-refractivity contribution in [3.05, 3.63) is 24.3 Å². The minimum Gasteiger partial charge on any atom is -0.368 e. The third-order valence-corrected chi connectivity index (χ3v) is 3.03. The summed E-state index contributed by atoms with van der Waals surface area (Å²) in [6.45, 7) is 0.964. The standard InChI is InChI=1S/C14H19N3O3.ClH/c15-8-7-13(18)16-10-3-5-11(6-4-10)17-14(19)12-2-1-9-20-12;/h3-6,12H,1-2,7-9,15H2,(H,16,18)(H,17,19);1H. The van der Waals surface area contributed by atoms with E-state index in [1.165, 1.54) is 0 Å². The van der Waals surface area contributed by atoms with Crippen LogP contribution in [0.3, 0.4) is 0 Å². The lowest BCUT2D eigenvalue weighted by atomic mass is 10.2. The van der Waals surface area contributed by atoms with E-state index < -0.39 is 0 Å². The zero-order chi connectivity index (χ0) is 14.4. The van der Waals surface area contributed by atoms with Crippen LogP contribution in [0.5, 0.6) is 0 Å². The van der Waals surface area contributed by atoms with Gasteiger partial charge in [-0.05, 0) is 37.1 Å². The number of halogens is 1. The summed E-state index contributed by atoms with van der Waals surface area (Å²) in [5, 5.41) is 5.52. The predicted molar refractivity (Wildman–Crippen MR) is 83.6 cm³/mol. The Hall–Kier alpha value is -1.63. The summed E-state index contributed by atoms with van der Waals surface area (Å²) in [5.41, 5.74) is 6.66. The molecule has 1 atom stereocenters. The minimum absolute atomic E-state index is 0. The number of anilines is 2. The molecule has 1 aromatic rings. The summed E-state index contributed by atoms with van der Waals surface area (Å²) in [6.07, 6.45) is 1.62. The minimum atomic E-state index is -0.348. The second-order valence-corrected chi connectivity index (χ2v) is 4.66. The van der Waals surface area contributed by atoms with Crippen molar-refractivity contribution >= 4 is 35.6 Å². The highest BCUT2D eigenvalue weighted by Crippen LogP contribution is 2.17. The normalized spacial score (nSPS) is 16.9. The quantitative estimate of drug-likeness (QED) is 0.768. The van der Waals surface area contributed by atoms with Crippen LogP contribution in [0.25, 0.3) is 0 Å². The van der Waals surface area contributed by atoms with Crippen LogP contribution in [-0.4, -0.2) is 31.1 Å². The molecule has 1 aliphatic heterocycles. The first-order valence-electron chi connectivity index (χ1n) is 6.71. The van der Waals surface area contributed by atoms with Crippen molar-refractivity contribution in [2.45, 2.75) is 25.4 Å². The molecule has 2 rings (SSSR count). The second-order valence-electron chi connectivity index (χ2n) is 4.66. The number of carbonyl (C=O) groups excluding carboxylic acids is 2. The van der Waals surface area contributed by atoms with E-state index in [0.29, 0.717) is 24.5 Å². The molecule has 0 spiro atoms. The molecule has 0 radical (unpaired) electrons. The molecule has 0 saturated carbocycles. The molecule has 1 saturated heterocycles. The number of carbonyl (C=O) groups is 2. The number of ether oxygens (including phenoxy) is 1. The van der Waals surface area contributed by atoms with Gasteiger partial charge in [0, 0.05) is 30.9 Å². The second kappa shape index (κ2) is 8.61. The molecule has 0 aliphatic carbocycles. The fourth-order valence-electron chi connectivity index (χ4n) is 2.00. The average Bonchev–Trinajstić information content (AvgIpc) is 2.95. The third-order valence-electron chi connectivity index (χ3n) is 3.03. The summed E-state index contributed by atoms with van der Waals surface area (Å²) in [5.74, 6) is -0.244. The molecule has 4 N–H and O–H groups in total. The monoisotopic (exact) mass is 313 g/mol. The lowest BCUT2D eigenvalue weighted by Gasteiger charge is -2.11. The van der Waals surface area contributed by atoms with Crippen LogP contribution in [0.15, 0.2) is 24.3 Å². The van der Waals surface area contributed by atoms with Gasteiger partial charge in [-0.2, -0.15) is 0 Å². The molecule has 1 heterocycles. The van der Waals surface area contributed by atoms with Crippen LogP contribution in [0.1, 0.15) is 19.3 Å². The topological polar surface area (TPSA) is 93.5 Å². The molecule has 0 aromatic heterocycles. The zero-order valence-corrected chi connectivity index (χ0v) is 12.4. The van der Waals surface area contributed by atoms with E-state index >= 15 is 0 Å². The van der Waals surface area contributed by atoms with Crippen LogP contribution in [-0.2, 0) is 14.3 Å². The average molecular weight is 314 g/mol. The van der Waals surface area contributed by atoms with Gasteiger partial charge in [-0.3, -0.25) is 9.59 Å². The first-order chi connectivity index (χ1) is 9.69. The maximum Gasteiger partial charge on any atom is 0.253 e. The van der Waals surface area contributed by atoms with Gasteiger partial charge in [0.2, 0.25) is 5.91 Å². The molecule has 1 aromatic carbocycles. The SMILES string of the molecule is Cl.NCCC(=O)Nc1ccc(NC(=O)C2CCCO2)cc1. The molecule has 0 bridgehead atoms. The van der Waals surface area contributed by atoms with Gasteiger partial charge in [-0.25, -0.2) is 0 Å². The van der Waals surface area contributed by atoms with E-state index in [0.717, 1.165) is 12.8 Å². The van der Waals surface area contributed by atoms with Crippen molar-refractivity contribution in [1.82, 2.24) is 0 Å². The molecule has 6 nitrogen and oxygen atoms in total. The Labute approximate surface area is 129 Å².